The Morgan fingerprint density at radius 1 is 1.43 bits per heavy atom. The Bertz CT molecular complexity index is 84.9. The van der Waals surface area contributed by atoms with Crippen molar-refractivity contribution < 1.29 is 13.6 Å². The molecule has 44 valence electrons. The smallest absolute Gasteiger partial charge is 0.146 e. The summed E-state index contributed by atoms with van der Waals surface area (Å²) >= 11 is 0. The Labute approximate surface area is 43.9 Å². The second kappa shape index (κ2) is 2.50. The third-order valence-corrected chi connectivity index (χ3v) is 0.894. The van der Waals surface area contributed by atoms with Gasteiger partial charge in [0.05, 0.1) is 7.57 Å². The van der Waals surface area contributed by atoms with Gasteiger partial charge in [-0.15, -0.1) is 0 Å². The Morgan fingerprint density at radius 3 is 1.71 bits per heavy atom. The van der Waals surface area contributed by atoms with Crippen LogP contribution < -0.4 is 0 Å². The summed E-state index contributed by atoms with van der Waals surface area (Å²) in [6.45, 7) is 0. The van der Waals surface area contributed by atoms with Gasteiger partial charge in [0.15, 0.2) is 0 Å². The van der Waals surface area contributed by atoms with Crippen LogP contribution in [0.2, 0.25) is 0 Å². The lowest BCUT2D eigenvalue weighted by molar-refractivity contribution is 0.293. The van der Waals surface area contributed by atoms with Gasteiger partial charge in [0.25, 0.3) is 0 Å². The van der Waals surface area contributed by atoms with Crippen molar-refractivity contribution in [3.05, 3.63) is 0 Å². The van der Waals surface area contributed by atoms with Gasteiger partial charge in [-0.25, -0.2) is 0 Å². The summed E-state index contributed by atoms with van der Waals surface area (Å²) in [5.41, 5.74) is 0. The zero-order valence-electron chi connectivity index (χ0n) is 3.67. The van der Waals surface area contributed by atoms with E-state index in [9.17, 15) is 4.57 Å². The molecule has 0 atom stereocenters. The minimum atomic E-state index is -2.40. The average Bonchev–Trinajstić information content (AvgIpc) is 1.68. The molecule has 0 aromatic rings. The van der Waals surface area contributed by atoms with E-state index in [0.717, 1.165) is 0 Å². The Hall–Kier alpha value is 0.215. The number of hydrogen-bond acceptors (Lipinski definition) is 3. The molecular formula is C2H9BO3P-. The van der Waals surface area contributed by atoms with Gasteiger partial charge in [0.2, 0.25) is 0 Å². The van der Waals surface area contributed by atoms with Crippen LogP contribution in [0.25, 0.3) is 0 Å². The van der Waals surface area contributed by atoms with Gasteiger partial charge in [0, 0.05) is 14.2 Å². The monoisotopic (exact) mass is 123 g/mol. The van der Waals surface area contributed by atoms with Crippen LogP contribution in [-0.2, 0) is 13.6 Å². The van der Waals surface area contributed by atoms with Crippen LogP contribution in [0.3, 0.4) is 0 Å². The lowest BCUT2D eigenvalue weighted by Gasteiger charge is -2.11. The van der Waals surface area contributed by atoms with Crippen LogP contribution >= 0.6 is 7.47 Å². The maximum atomic E-state index is 10.6. The molecule has 0 N–H and O–H groups in total. The minimum absolute atomic E-state index is 0.299. The molecule has 7 heavy (non-hydrogen) atoms. The van der Waals surface area contributed by atoms with Crippen molar-refractivity contribution in [1.29, 1.82) is 0 Å². The van der Waals surface area contributed by atoms with E-state index in [-0.39, 0.29) is 7.57 Å². The number of hydrogen-bond donors (Lipinski definition) is 0. The molecule has 0 bridgehead atoms. The summed E-state index contributed by atoms with van der Waals surface area (Å²) in [7, 11) is 0.125. The highest BCUT2D eigenvalue weighted by atomic mass is 31.2. The second-order valence-electron chi connectivity index (χ2n) is 0.589. The van der Waals surface area contributed by atoms with E-state index in [1.165, 1.54) is 14.2 Å². The van der Waals surface area contributed by atoms with Crippen LogP contribution in [0.5, 0.6) is 0 Å². The third-order valence-electron chi connectivity index (χ3n) is 0.298. The molecule has 0 aromatic heterocycles. The van der Waals surface area contributed by atoms with Crippen LogP contribution in [0.4, 0.5) is 0 Å². The zero-order chi connectivity index (χ0) is 5.91. The predicted molar refractivity (Wildman–Crippen MR) is 31.6 cm³/mol. The van der Waals surface area contributed by atoms with Gasteiger partial charge in [0.1, 0.15) is 7.47 Å². The topological polar surface area (TPSA) is 35.5 Å². The van der Waals surface area contributed by atoms with E-state index in [1.807, 2.05) is 0 Å². The van der Waals surface area contributed by atoms with Crippen LogP contribution in [0, 0.1) is 0 Å². The van der Waals surface area contributed by atoms with Crippen molar-refractivity contribution in [1.82, 2.24) is 0 Å². The van der Waals surface area contributed by atoms with Crippen LogP contribution in [-0.4, -0.2) is 21.8 Å². The first kappa shape index (κ1) is 7.21. The van der Waals surface area contributed by atoms with Crippen molar-refractivity contribution in [3.63, 3.8) is 0 Å². The summed E-state index contributed by atoms with van der Waals surface area (Å²) in [5.74, 6) is 0. The van der Waals surface area contributed by atoms with Crippen molar-refractivity contribution in [3.8, 4) is 0 Å². The van der Waals surface area contributed by atoms with Crippen molar-refractivity contribution in [2.45, 2.75) is 0 Å². The first-order chi connectivity index (χ1) is 3.12. The van der Waals surface area contributed by atoms with Gasteiger partial charge >= 0.3 is 0 Å². The normalized spacial score (nSPS) is 11.9. The summed E-state index contributed by atoms with van der Waals surface area (Å²) in [6, 6.07) is 0. The largest absolute Gasteiger partial charge is 0.341 e. The summed E-state index contributed by atoms with van der Waals surface area (Å²) in [4.78, 5) is 0. The SMILES string of the molecule is [BH3-]P(=O)(OC)OC. The number of rotatable bonds is 2. The lowest BCUT2D eigenvalue weighted by atomic mass is 10.8. The van der Waals surface area contributed by atoms with E-state index in [2.05, 4.69) is 9.05 Å². The second-order valence-corrected chi connectivity index (χ2v) is 1.77. The molecule has 0 aliphatic heterocycles. The third kappa shape index (κ3) is 2.86. The molecule has 3 nitrogen and oxygen atoms in total. The molecule has 5 heteroatoms. The highest BCUT2D eigenvalue weighted by molar-refractivity contribution is 7.79. The first-order valence-corrected chi connectivity index (χ1v) is 2.46. The van der Waals surface area contributed by atoms with Crippen LogP contribution in [0.15, 0.2) is 0 Å². The minimum Gasteiger partial charge on any atom is -0.341 e. The molecule has 0 heterocycles. The summed E-state index contributed by atoms with van der Waals surface area (Å²) < 4.78 is 19.7. The molecule has 0 spiro atoms. The summed E-state index contributed by atoms with van der Waals surface area (Å²) in [6.07, 6.45) is 0. The molecule has 0 aromatic carbocycles. The summed E-state index contributed by atoms with van der Waals surface area (Å²) in [5, 5.41) is 0. The standard InChI is InChI=1S/C2H9BO3P/c1-5-7(3,4)6-2/h1-3H3/q-1. The fraction of sp³-hybridized carbons (Fsp3) is 1.00. The van der Waals surface area contributed by atoms with Gasteiger partial charge < -0.3 is 13.6 Å². The molecule has 0 rings (SSSR count). The van der Waals surface area contributed by atoms with E-state index >= 15 is 0 Å². The molecule has 0 aliphatic carbocycles. The fourth-order valence-electron chi connectivity index (χ4n) is 0.0745. The highest BCUT2D eigenvalue weighted by Gasteiger charge is 1.99. The van der Waals surface area contributed by atoms with E-state index in [4.69, 9.17) is 0 Å². The van der Waals surface area contributed by atoms with Crippen molar-refractivity contribution in [2.75, 3.05) is 14.2 Å². The molecule has 0 saturated carbocycles. The zero-order valence-corrected chi connectivity index (χ0v) is 4.57. The van der Waals surface area contributed by atoms with E-state index < -0.39 is 7.47 Å². The maximum Gasteiger partial charge on any atom is 0.146 e. The van der Waals surface area contributed by atoms with Gasteiger partial charge in [-0.1, -0.05) is 0 Å². The lowest BCUT2D eigenvalue weighted by Crippen LogP contribution is -1.84. The Kier molecular flexibility index (Phi) is 2.58. The fourth-order valence-corrected chi connectivity index (χ4v) is 0.224. The maximum absolute atomic E-state index is 10.6. The van der Waals surface area contributed by atoms with Gasteiger partial charge in [-0.3, -0.25) is 0 Å². The Morgan fingerprint density at radius 2 is 1.71 bits per heavy atom. The molecule has 0 saturated heterocycles. The van der Waals surface area contributed by atoms with Gasteiger partial charge in [-0.05, 0) is 0 Å². The Balaban J connectivity index is 3.61. The molecular weight excluding hydrogens is 114 g/mol. The highest BCUT2D eigenvalue weighted by Crippen LogP contribution is 2.39. The molecule has 0 amide bonds. The van der Waals surface area contributed by atoms with Crippen molar-refractivity contribution >= 4 is 15.0 Å². The first-order valence-electron chi connectivity index (χ1n) is 1.36. The average molecular weight is 123 g/mol. The van der Waals surface area contributed by atoms with Gasteiger partial charge in [-0.2, -0.15) is 0 Å². The molecule has 0 fully saturated rings. The quantitative estimate of drug-likeness (QED) is 0.375. The molecule has 0 unspecified atom stereocenters. The van der Waals surface area contributed by atoms with Crippen molar-refractivity contribution in [2.24, 2.45) is 0 Å². The molecule has 0 aliphatic rings. The molecule has 0 radical (unpaired) electrons. The van der Waals surface area contributed by atoms with E-state index in [1.54, 1.807) is 0 Å². The van der Waals surface area contributed by atoms with Crippen LogP contribution in [0.1, 0.15) is 0 Å². The van der Waals surface area contributed by atoms with E-state index in [0.29, 0.717) is 0 Å². The predicted octanol–water partition coefficient (Wildman–Crippen LogP) is -0.247.